The van der Waals surface area contributed by atoms with Gasteiger partial charge in [0.15, 0.2) is 12.4 Å². The molecule has 4 aromatic carbocycles. The monoisotopic (exact) mass is 590 g/mol. The first-order valence-electron chi connectivity index (χ1n) is 12.9. The second kappa shape index (κ2) is 12.6. The van der Waals surface area contributed by atoms with Crippen LogP contribution in [0, 0.1) is 0 Å². The standard InChI is InChI=1S/C31H27ClN2O6S/c32-26-15-14-25(31(36)40-21-29(35)24-12-10-23(11-13-24)22-6-2-1-3-7-22)20-30(26)41(37,38)33-27-8-4-5-9-28(27)34-16-18-39-19-17-34/h1-15,20,33H,16-19,21H2. The molecule has 1 fully saturated rings. The van der Waals surface area contributed by atoms with Crippen molar-refractivity contribution >= 4 is 44.8 Å². The van der Waals surface area contributed by atoms with E-state index in [0.29, 0.717) is 43.2 Å². The lowest BCUT2D eigenvalue weighted by molar-refractivity contribution is 0.0474. The van der Waals surface area contributed by atoms with Crippen molar-refractivity contribution in [3.05, 3.63) is 113 Å². The number of hydrogen-bond donors (Lipinski definition) is 1. The smallest absolute Gasteiger partial charge is 0.338 e. The van der Waals surface area contributed by atoms with E-state index in [1.807, 2.05) is 59.5 Å². The van der Waals surface area contributed by atoms with Crippen molar-refractivity contribution in [1.29, 1.82) is 0 Å². The van der Waals surface area contributed by atoms with Gasteiger partial charge in [0, 0.05) is 18.7 Å². The summed E-state index contributed by atoms with van der Waals surface area (Å²) in [5, 5.41) is -0.0625. The molecule has 0 unspecified atom stereocenters. The van der Waals surface area contributed by atoms with Crippen LogP contribution in [0.3, 0.4) is 0 Å². The Balaban J connectivity index is 1.27. The third-order valence-electron chi connectivity index (χ3n) is 6.60. The van der Waals surface area contributed by atoms with Gasteiger partial charge in [0.05, 0.1) is 35.2 Å². The van der Waals surface area contributed by atoms with Gasteiger partial charge in [-0.1, -0.05) is 78.3 Å². The van der Waals surface area contributed by atoms with Crippen LogP contribution in [0.1, 0.15) is 20.7 Å². The molecule has 1 N–H and O–H groups in total. The number of Topliss-reactive ketones (excluding diaryl/α,β-unsaturated/α-hetero) is 1. The van der Waals surface area contributed by atoms with Crippen LogP contribution in [0.15, 0.2) is 102 Å². The molecule has 4 aromatic rings. The molecule has 0 aliphatic carbocycles. The van der Waals surface area contributed by atoms with E-state index in [1.165, 1.54) is 12.1 Å². The zero-order valence-corrected chi connectivity index (χ0v) is 23.5. The normalized spacial score (nSPS) is 13.4. The fraction of sp³-hybridized carbons (Fsp3) is 0.161. The summed E-state index contributed by atoms with van der Waals surface area (Å²) in [5.74, 6) is -1.23. The summed E-state index contributed by atoms with van der Waals surface area (Å²) in [4.78, 5) is 27.2. The average Bonchev–Trinajstić information content (AvgIpc) is 3.01. The zero-order chi connectivity index (χ0) is 28.8. The van der Waals surface area contributed by atoms with Crippen LogP contribution >= 0.6 is 11.6 Å². The van der Waals surface area contributed by atoms with Gasteiger partial charge >= 0.3 is 5.97 Å². The Morgan fingerprint density at radius 1 is 0.829 bits per heavy atom. The minimum Gasteiger partial charge on any atom is -0.454 e. The number of morpholine rings is 1. The molecule has 0 amide bonds. The lowest BCUT2D eigenvalue weighted by Crippen LogP contribution is -2.36. The highest BCUT2D eigenvalue weighted by molar-refractivity contribution is 7.92. The number of hydrogen-bond acceptors (Lipinski definition) is 7. The van der Waals surface area contributed by atoms with Crippen LogP contribution in [0.2, 0.25) is 5.02 Å². The maximum Gasteiger partial charge on any atom is 0.338 e. The molecular formula is C31H27ClN2O6S. The molecule has 1 aliphatic heterocycles. The molecule has 8 nitrogen and oxygen atoms in total. The number of ether oxygens (including phenoxy) is 2. The van der Waals surface area contributed by atoms with Crippen molar-refractivity contribution in [3.63, 3.8) is 0 Å². The number of carbonyl (C=O) groups is 2. The molecule has 0 saturated carbocycles. The SMILES string of the molecule is O=C(COC(=O)c1ccc(Cl)c(S(=O)(=O)Nc2ccccc2N2CCOCC2)c1)c1ccc(-c2ccccc2)cc1. The minimum atomic E-state index is -4.18. The summed E-state index contributed by atoms with van der Waals surface area (Å²) < 4.78 is 40.0. The molecule has 10 heteroatoms. The van der Waals surface area contributed by atoms with Gasteiger partial charge in [-0.25, -0.2) is 13.2 Å². The van der Waals surface area contributed by atoms with E-state index in [2.05, 4.69) is 4.72 Å². The summed E-state index contributed by atoms with van der Waals surface area (Å²) in [6, 6.07) is 27.6. The van der Waals surface area contributed by atoms with Gasteiger partial charge in [-0.05, 0) is 41.5 Å². The van der Waals surface area contributed by atoms with Crippen LogP contribution in [0.4, 0.5) is 11.4 Å². The molecule has 0 aromatic heterocycles. The number of ketones is 1. The first kappa shape index (κ1) is 28.4. The molecule has 1 aliphatic rings. The Morgan fingerprint density at radius 3 is 2.20 bits per heavy atom. The average molecular weight is 591 g/mol. The predicted molar refractivity (Wildman–Crippen MR) is 158 cm³/mol. The van der Waals surface area contributed by atoms with Crippen molar-refractivity contribution in [3.8, 4) is 11.1 Å². The molecule has 41 heavy (non-hydrogen) atoms. The number of nitrogens with one attached hydrogen (secondary N) is 1. The predicted octanol–water partition coefficient (Wildman–Crippen LogP) is 5.68. The van der Waals surface area contributed by atoms with Gasteiger partial charge in [-0.15, -0.1) is 0 Å². The zero-order valence-electron chi connectivity index (χ0n) is 22.0. The van der Waals surface area contributed by atoms with Gasteiger partial charge < -0.3 is 14.4 Å². The van der Waals surface area contributed by atoms with Crippen LogP contribution in [-0.2, 0) is 19.5 Å². The lowest BCUT2D eigenvalue weighted by Gasteiger charge is -2.30. The minimum absolute atomic E-state index is 0.0523. The van der Waals surface area contributed by atoms with Crippen molar-refractivity contribution in [1.82, 2.24) is 0 Å². The van der Waals surface area contributed by atoms with Gasteiger partial charge in [0.2, 0.25) is 0 Å². The quantitative estimate of drug-likeness (QED) is 0.197. The van der Waals surface area contributed by atoms with Crippen LogP contribution in [0.5, 0.6) is 0 Å². The number of anilines is 2. The topological polar surface area (TPSA) is 102 Å². The van der Waals surface area contributed by atoms with Gasteiger partial charge in [0.25, 0.3) is 10.0 Å². The highest BCUT2D eigenvalue weighted by Crippen LogP contribution is 2.31. The molecule has 0 atom stereocenters. The Bertz CT molecular complexity index is 1650. The van der Waals surface area contributed by atoms with E-state index in [0.717, 1.165) is 17.2 Å². The first-order chi connectivity index (χ1) is 19.8. The van der Waals surface area contributed by atoms with E-state index in [-0.39, 0.29) is 21.3 Å². The van der Waals surface area contributed by atoms with Crippen LogP contribution in [0.25, 0.3) is 11.1 Å². The summed E-state index contributed by atoms with van der Waals surface area (Å²) >= 11 is 6.25. The van der Waals surface area contributed by atoms with E-state index in [1.54, 1.807) is 24.3 Å². The van der Waals surface area contributed by atoms with Gasteiger partial charge in [-0.3, -0.25) is 9.52 Å². The van der Waals surface area contributed by atoms with Crippen LogP contribution in [-0.4, -0.2) is 53.1 Å². The van der Waals surface area contributed by atoms with Crippen molar-refractivity contribution in [2.24, 2.45) is 0 Å². The largest absolute Gasteiger partial charge is 0.454 e. The Labute approximate surface area is 243 Å². The molecule has 0 radical (unpaired) electrons. The van der Waals surface area contributed by atoms with Gasteiger partial charge in [-0.2, -0.15) is 0 Å². The Kier molecular flexibility index (Phi) is 8.68. The van der Waals surface area contributed by atoms with Crippen LogP contribution < -0.4 is 9.62 Å². The van der Waals surface area contributed by atoms with E-state index in [9.17, 15) is 18.0 Å². The molecule has 5 rings (SSSR count). The molecule has 210 valence electrons. The molecule has 0 spiro atoms. The lowest BCUT2D eigenvalue weighted by atomic mass is 10.0. The molecule has 0 bridgehead atoms. The van der Waals surface area contributed by atoms with E-state index < -0.39 is 22.6 Å². The number of nitrogens with zero attached hydrogens (tertiary/aromatic N) is 1. The summed E-state index contributed by atoms with van der Waals surface area (Å²) in [5.41, 5.74) is 3.40. The molecule has 1 heterocycles. The van der Waals surface area contributed by atoms with E-state index >= 15 is 0 Å². The number of carbonyl (C=O) groups excluding carboxylic acids is 2. The summed E-state index contributed by atoms with van der Waals surface area (Å²) in [7, 11) is -4.18. The number of benzene rings is 4. The van der Waals surface area contributed by atoms with Crippen molar-refractivity contribution < 1.29 is 27.5 Å². The Morgan fingerprint density at radius 2 is 1.46 bits per heavy atom. The third-order valence-corrected chi connectivity index (χ3v) is 8.45. The summed E-state index contributed by atoms with van der Waals surface area (Å²) in [6.45, 7) is 1.82. The molecule has 1 saturated heterocycles. The number of sulfonamides is 1. The fourth-order valence-electron chi connectivity index (χ4n) is 4.45. The highest BCUT2D eigenvalue weighted by Gasteiger charge is 2.24. The second-order valence-corrected chi connectivity index (χ2v) is 11.4. The van der Waals surface area contributed by atoms with Crippen molar-refractivity contribution in [2.45, 2.75) is 4.90 Å². The number of esters is 1. The maximum absolute atomic E-state index is 13.4. The Hall–Kier alpha value is -4.18. The second-order valence-electron chi connectivity index (χ2n) is 9.31. The first-order valence-corrected chi connectivity index (χ1v) is 14.8. The highest BCUT2D eigenvalue weighted by atomic mass is 35.5. The fourth-order valence-corrected chi connectivity index (χ4v) is 6.05. The molecular weight excluding hydrogens is 564 g/mol. The van der Waals surface area contributed by atoms with Gasteiger partial charge in [0.1, 0.15) is 4.90 Å². The number of rotatable bonds is 9. The third kappa shape index (κ3) is 6.77. The van der Waals surface area contributed by atoms with Crippen molar-refractivity contribution in [2.75, 3.05) is 42.5 Å². The van der Waals surface area contributed by atoms with E-state index in [4.69, 9.17) is 21.1 Å². The number of para-hydroxylation sites is 2. The number of halogens is 1. The summed E-state index contributed by atoms with van der Waals surface area (Å²) in [6.07, 6.45) is 0. The maximum atomic E-state index is 13.4.